The maximum absolute atomic E-state index is 5.61. The van der Waals surface area contributed by atoms with Gasteiger partial charge in [-0.15, -0.1) is 11.3 Å². The van der Waals surface area contributed by atoms with Crippen LogP contribution in [-0.4, -0.2) is 30.0 Å². The van der Waals surface area contributed by atoms with Crippen LogP contribution in [0.15, 0.2) is 5.38 Å². The van der Waals surface area contributed by atoms with E-state index in [1.807, 2.05) is 0 Å². The van der Waals surface area contributed by atoms with Gasteiger partial charge in [0.25, 0.3) is 0 Å². The molecule has 0 saturated carbocycles. The quantitative estimate of drug-likeness (QED) is 0.742. The van der Waals surface area contributed by atoms with Gasteiger partial charge in [0.2, 0.25) is 0 Å². The zero-order valence-electron chi connectivity index (χ0n) is 7.86. The summed E-state index contributed by atoms with van der Waals surface area (Å²) in [6.45, 7) is 2.35. The lowest BCUT2D eigenvalue weighted by Gasteiger charge is -2.28. The number of nitrogens with zero attached hydrogens (tertiary/aromatic N) is 2. The molecule has 0 amide bonds. The SMILES string of the molecule is CN1CCCC(c2csc(N)n2)C1. The molecule has 1 saturated heterocycles. The largest absolute Gasteiger partial charge is 0.375 e. The van der Waals surface area contributed by atoms with E-state index in [0.717, 1.165) is 6.54 Å². The number of rotatable bonds is 1. The fourth-order valence-electron chi connectivity index (χ4n) is 1.90. The molecule has 72 valence electrons. The van der Waals surface area contributed by atoms with Crippen molar-refractivity contribution < 1.29 is 0 Å². The molecule has 1 fully saturated rings. The van der Waals surface area contributed by atoms with Crippen LogP contribution in [0.2, 0.25) is 0 Å². The number of anilines is 1. The van der Waals surface area contributed by atoms with Crippen LogP contribution < -0.4 is 5.73 Å². The lowest BCUT2D eigenvalue weighted by molar-refractivity contribution is 0.249. The van der Waals surface area contributed by atoms with Crippen molar-refractivity contribution in [3.05, 3.63) is 11.1 Å². The predicted octanol–water partition coefficient (Wildman–Crippen LogP) is 1.53. The van der Waals surface area contributed by atoms with Crippen LogP contribution in [-0.2, 0) is 0 Å². The molecule has 0 aromatic carbocycles. The maximum Gasteiger partial charge on any atom is 0.180 e. The monoisotopic (exact) mass is 197 g/mol. The molecule has 4 heteroatoms. The van der Waals surface area contributed by atoms with Gasteiger partial charge in [-0.2, -0.15) is 0 Å². The Kier molecular flexibility index (Phi) is 2.51. The highest BCUT2D eigenvalue weighted by molar-refractivity contribution is 7.13. The van der Waals surface area contributed by atoms with Gasteiger partial charge >= 0.3 is 0 Å². The molecule has 1 unspecified atom stereocenters. The third kappa shape index (κ3) is 2.00. The summed E-state index contributed by atoms with van der Waals surface area (Å²) in [6.07, 6.45) is 2.53. The standard InChI is InChI=1S/C9H15N3S/c1-12-4-2-3-7(5-12)8-6-13-9(10)11-8/h6-7H,2-5H2,1H3,(H2,10,11). The van der Waals surface area contributed by atoms with Crippen LogP contribution in [0.4, 0.5) is 5.13 Å². The first-order valence-corrected chi connectivity index (χ1v) is 5.53. The van der Waals surface area contributed by atoms with Gasteiger partial charge in [0, 0.05) is 17.8 Å². The molecule has 0 spiro atoms. The Morgan fingerprint density at radius 2 is 2.54 bits per heavy atom. The van der Waals surface area contributed by atoms with Crippen molar-refractivity contribution in [2.75, 3.05) is 25.9 Å². The molecule has 2 rings (SSSR count). The summed E-state index contributed by atoms with van der Waals surface area (Å²) in [5.74, 6) is 0.604. The van der Waals surface area contributed by atoms with Crippen molar-refractivity contribution in [3.63, 3.8) is 0 Å². The van der Waals surface area contributed by atoms with E-state index in [4.69, 9.17) is 5.73 Å². The Morgan fingerprint density at radius 3 is 3.15 bits per heavy atom. The molecule has 0 bridgehead atoms. The molecule has 1 aliphatic heterocycles. The molecule has 1 aromatic heterocycles. The topological polar surface area (TPSA) is 42.1 Å². The van der Waals surface area contributed by atoms with Crippen molar-refractivity contribution in [2.24, 2.45) is 0 Å². The Hall–Kier alpha value is -0.610. The summed E-state index contributed by atoms with van der Waals surface area (Å²) in [5.41, 5.74) is 6.80. The van der Waals surface area contributed by atoms with Gasteiger partial charge in [-0.1, -0.05) is 0 Å². The molecular weight excluding hydrogens is 182 g/mol. The van der Waals surface area contributed by atoms with E-state index in [2.05, 4.69) is 22.3 Å². The van der Waals surface area contributed by atoms with Gasteiger partial charge in [0.05, 0.1) is 5.69 Å². The molecule has 1 aromatic rings. The summed E-state index contributed by atoms with van der Waals surface area (Å²) in [5, 5.41) is 2.79. The molecular formula is C9H15N3S. The molecule has 1 aliphatic rings. The zero-order chi connectivity index (χ0) is 9.26. The van der Waals surface area contributed by atoms with Crippen molar-refractivity contribution in [1.82, 2.24) is 9.88 Å². The Balaban J connectivity index is 2.08. The summed E-state index contributed by atoms with van der Waals surface area (Å²) in [4.78, 5) is 6.70. The van der Waals surface area contributed by atoms with E-state index >= 15 is 0 Å². The highest BCUT2D eigenvalue weighted by Crippen LogP contribution is 2.27. The van der Waals surface area contributed by atoms with E-state index in [1.54, 1.807) is 11.3 Å². The number of aromatic nitrogens is 1. The van der Waals surface area contributed by atoms with Crippen molar-refractivity contribution >= 4 is 16.5 Å². The number of likely N-dealkylation sites (tertiary alicyclic amines) is 1. The fraction of sp³-hybridized carbons (Fsp3) is 0.667. The first kappa shape index (κ1) is 8.97. The zero-order valence-corrected chi connectivity index (χ0v) is 8.68. The van der Waals surface area contributed by atoms with Crippen LogP contribution in [0.5, 0.6) is 0 Å². The lowest BCUT2D eigenvalue weighted by Crippen LogP contribution is -2.30. The van der Waals surface area contributed by atoms with E-state index < -0.39 is 0 Å². The number of piperidine rings is 1. The molecule has 2 heterocycles. The van der Waals surface area contributed by atoms with E-state index in [0.29, 0.717) is 11.0 Å². The lowest BCUT2D eigenvalue weighted by atomic mass is 9.96. The minimum absolute atomic E-state index is 0.604. The minimum Gasteiger partial charge on any atom is -0.375 e. The van der Waals surface area contributed by atoms with Crippen molar-refractivity contribution in [3.8, 4) is 0 Å². The molecule has 0 aliphatic carbocycles. The molecule has 13 heavy (non-hydrogen) atoms. The number of hydrogen-bond donors (Lipinski definition) is 1. The molecule has 2 N–H and O–H groups in total. The van der Waals surface area contributed by atoms with Gasteiger partial charge in [0.15, 0.2) is 5.13 Å². The van der Waals surface area contributed by atoms with Gasteiger partial charge in [-0.3, -0.25) is 0 Å². The minimum atomic E-state index is 0.604. The fourth-order valence-corrected chi connectivity index (χ4v) is 2.54. The molecule has 0 radical (unpaired) electrons. The summed E-state index contributed by atoms with van der Waals surface area (Å²) < 4.78 is 0. The van der Waals surface area contributed by atoms with E-state index in [-0.39, 0.29) is 0 Å². The second-order valence-electron chi connectivity index (χ2n) is 3.71. The third-order valence-electron chi connectivity index (χ3n) is 2.58. The Labute approximate surface area is 82.6 Å². The average molecular weight is 197 g/mol. The van der Waals surface area contributed by atoms with Gasteiger partial charge < -0.3 is 10.6 Å². The van der Waals surface area contributed by atoms with Crippen LogP contribution in [0.25, 0.3) is 0 Å². The van der Waals surface area contributed by atoms with E-state index in [9.17, 15) is 0 Å². The number of hydrogen-bond acceptors (Lipinski definition) is 4. The highest BCUT2D eigenvalue weighted by Gasteiger charge is 2.20. The van der Waals surface area contributed by atoms with Crippen LogP contribution >= 0.6 is 11.3 Å². The van der Waals surface area contributed by atoms with Crippen molar-refractivity contribution in [2.45, 2.75) is 18.8 Å². The summed E-state index contributed by atoms with van der Waals surface area (Å²) in [7, 11) is 2.17. The van der Waals surface area contributed by atoms with Crippen LogP contribution in [0, 0.1) is 0 Å². The first-order valence-electron chi connectivity index (χ1n) is 4.65. The van der Waals surface area contributed by atoms with Crippen LogP contribution in [0.1, 0.15) is 24.5 Å². The second-order valence-corrected chi connectivity index (χ2v) is 4.60. The van der Waals surface area contributed by atoms with Crippen LogP contribution in [0.3, 0.4) is 0 Å². The normalized spacial score (nSPS) is 24.8. The average Bonchev–Trinajstić information content (AvgIpc) is 2.52. The molecule has 3 nitrogen and oxygen atoms in total. The second kappa shape index (κ2) is 3.64. The van der Waals surface area contributed by atoms with Gasteiger partial charge in [-0.25, -0.2) is 4.98 Å². The predicted molar refractivity (Wildman–Crippen MR) is 56.0 cm³/mol. The number of nitrogen functional groups attached to an aromatic ring is 1. The third-order valence-corrected chi connectivity index (χ3v) is 3.27. The van der Waals surface area contributed by atoms with Gasteiger partial charge in [-0.05, 0) is 26.4 Å². The molecule has 1 atom stereocenters. The number of nitrogens with two attached hydrogens (primary N) is 1. The highest BCUT2D eigenvalue weighted by atomic mass is 32.1. The summed E-state index contributed by atoms with van der Waals surface area (Å²) in [6, 6.07) is 0. The Bertz CT molecular complexity index is 284. The van der Waals surface area contributed by atoms with Crippen molar-refractivity contribution in [1.29, 1.82) is 0 Å². The Morgan fingerprint density at radius 1 is 1.69 bits per heavy atom. The number of likely N-dealkylation sites (N-methyl/N-ethyl adjacent to an activating group) is 1. The van der Waals surface area contributed by atoms with Gasteiger partial charge in [0.1, 0.15) is 0 Å². The smallest absolute Gasteiger partial charge is 0.180 e. The summed E-state index contributed by atoms with van der Waals surface area (Å²) >= 11 is 1.55. The maximum atomic E-state index is 5.61. The first-order chi connectivity index (χ1) is 6.25. The number of thiazole rings is 1. The van der Waals surface area contributed by atoms with E-state index in [1.165, 1.54) is 25.1 Å².